The van der Waals surface area contributed by atoms with Gasteiger partial charge in [-0.15, -0.1) is 0 Å². The summed E-state index contributed by atoms with van der Waals surface area (Å²) in [5.74, 6) is 1.18. The number of nitrogens with one attached hydrogen (secondary N) is 1. The van der Waals surface area contributed by atoms with Crippen molar-refractivity contribution in [1.29, 1.82) is 0 Å². The predicted molar refractivity (Wildman–Crippen MR) is 105 cm³/mol. The zero-order valence-corrected chi connectivity index (χ0v) is 16.3. The van der Waals surface area contributed by atoms with Gasteiger partial charge in [-0.3, -0.25) is 4.79 Å². The molecule has 0 atom stereocenters. The summed E-state index contributed by atoms with van der Waals surface area (Å²) < 4.78 is 10.4. The molecule has 1 N–H and O–H groups in total. The van der Waals surface area contributed by atoms with Crippen LogP contribution in [0.2, 0.25) is 0 Å². The van der Waals surface area contributed by atoms with Crippen LogP contribution in [0, 0.1) is 20.8 Å². The Balaban J connectivity index is 1.54. The molecule has 0 radical (unpaired) electrons. The van der Waals surface area contributed by atoms with Gasteiger partial charge in [0.15, 0.2) is 5.76 Å². The van der Waals surface area contributed by atoms with Crippen molar-refractivity contribution in [3.8, 4) is 22.6 Å². The van der Waals surface area contributed by atoms with Crippen molar-refractivity contribution in [2.75, 3.05) is 0 Å². The van der Waals surface area contributed by atoms with E-state index in [4.69, 9.17) is 9.05 Å². The lowest BCUT2D eigenvalue weighted by atomic mass is 10.0. The van der Waals surface area contributed by atoms with Crippen molar-refractivity contribution in [2.45, 2.75) is 27.3 Å². The number of aromatic nitrogens is 4. The summed E-state index contributed by atoms with van der Waals surface area (Å²) in [6.07, 6.45) is 1.74. The normalized spacial score (nSPS) is 10.9. The standard InChI is InChI=1S/C21H19N5O3/c1-12-8-18(28-25-12)17-11-22-14(3)24-20(17)16-6-4-15(5-7-16)10-23-21(27)19-9-13(2)26-29-19/h4-9,11H,10H2,1-3H3,(H,23,27). The Labute approximate surface area is 167 Å². The van der Waals surface area contributed by atoms with Crippen LogP contribution in [-0.2, 0) is 6.54 Å². The van der Waals surface area contributed by atoms with Crippen molar-refractivity contribution in [2.24, 2.45) is 0 Å². The van der Waals surface area contributed by atoms with Gasteiger partial charge in [0.2, 0.25) is 5.76 Å². The first-order valence-electron chi connectivity index (χ1n) is 9.08. The Bertz CT molecular complexity index is 1160. The van der Waals surface area contributed by atoms with Crippen LogP contribution in [0.3, 0.4) is 0 Å². The van der Waals surface area contributed by atoms with E-state index in [2.05, 4.69) is 25.6 Å². The van der Waals surface area contributed by atoms with Crippen LogP contribution in [0.1, 0.15) is 33.3 Å². The number of nitrogens with zero attached hydrogens (tertiary/aromatic N) is 4. The minimum atomic E-state index is -0.302. The van der Waals surface area contributed by atoms with Crippen molar-refractivity contribution >= 4 is 5.91 Å². The second-order valence-corrected chi connectivity index (χ2v) is 6.72. The van der Waals surface area contributed by atoms with Gasteiger partial charge < -0.3 is 14.4 Å². The molecule has 0 bridgehead atoms. The predicted octanol–water partition coefficient (Wildman–Crippen LogP) is 3.64. The largest absolute Gasteiger partial charge is 0.356 e. The molecular formula is C21H19N5O3. The van der Waals surface area contributed by atoms with Crippen molar-refractivity contribution < 1.29 is 13.8 Å². The second-order valence-electron chi connectivity index (χ2n) is 6.72. The van der Waals surface area contributed by atoms with Gasteiger partial charge in [-0.25, -0.2) is 9.97 Å². The fraction of sp³-hybridized carbons (Fsp3) is 0.190. The molecule has 8 heteroatoms. The fourth-order valence-electron chi connectivity index (χ4n) is 2.88. The fourth-order valence-corrected chi connectivity index (χ4v) is 2.88. The molecule has 4 aromatic rings. The van der Waals surface area contributed by atoms with Crippen LogP contribution in [0.4, 0.5) is 0 Å². The topological polar surface area (TPSA) is 107 Å². The van der Waals surface area contributed by atoms with Gasteiger partial charge >= 0.3 is 0 Å². The van der Waals surface area contributed by atoms with Gasteiger partial charge in [-0.2, -0.15) is 0 Å². The van der Waals surface area contributed by atoms with E-state index in [1.165, 1.54) is 0 Å². The lowest BCUT2D eigenvalue weighted by Gasteiger charge is -2.08. The van der Waals surface area contributed by atoms with E-state index in [1.54, 1.807) is 19.2 Å². The van der Waals surface area contributed by atoms with Crippen LogP contribution < -0.4 is 5.32 Å². The molecule has 3 aromatic heterocycles. The third-order valence-electron chi connectivity index (χ3n) is 4.33. The molecule has 146 valence electrons. The minimum Gasteiger partial charge on any atom is -0.356 e. The maximum absolute atomic E-state index is 12.1. The Morgan fingerprint density at radius 1 is 1.00 bits per heavy atom. The highest BCUT2D eigenvalue weighted by Gasteiger charge is 2.15. The van der Waals surface area contributed by atoms with E-state index in [1.807, 2.05) is 44.2 Å². The van der Waals surface area contributed by atoms with Crippen molar-refractivity contribution in [1.82, 2.24) is 25.6 Å². The van der Waals surface area contributed by atoms with Gasteiger partial charge in [0, 0.05) is 30.4 Å². The number of hydrogen-bond acceptors (Lipinski definition) is 7. The Kier molecular flexibility index (Phi) is 4.90. The first-order valence-corrected chi connectivity index (χ1v) is 9.08. The molecule has 0 saturated heterocycles. The maximum atomic E-state index is 12.1. The quantitative estimate of drug-likeness (QED) is 0.555. The molecule has 0 spiro atoms. The van der Waals surface area contributed by atoms with Gasteiger partial charge in [-0.05, 0) is 26.3 Å². The molecule has 4 rings (SSSR count). The summed E-state index contributed by atoms with van der Waals surface area (Å²) in [6.45, 7) is 5.84. The molecule has 29 heavy (non-hydrogen) atoms. The van der Waals surface area contributed by atoms with Crippen LogP contribution in [0.15, 0.2) is 51.6 Å². The van der Waals surface area contributed by atoms with Crippen LogP contribution in [-0.4, -0.2) is 26.2 Å². The van der Waals surface area contributed by atoms with Crippen molar-refractivity contribution in [3.63, 3.8) is 0 Å². The number of rotatable bonds is 5. The number of aryl methyl sites for hydroxylation is 3. The third kappa shape index (κ3) is 4.06. The third-order valence-corrected chi connectivity index (χ3v) is 4.33. The van der Waals surface area contributed by atoms with E-state index in [0.717, 1.165) is 28.1 Å². The summed E-state index contributed by atoms with van der Waals surface area (Å²) in [7, 11) is 0. The second kappa shape index (κ2) is 7.67. The zero-order chi connectivity index (χ0) is 20.4. The number of carbonyl (C=O) groups excluding carboxylic acids is 1. The molecule has 8 nitrogen and oxygen atoms in total. The molecular weight excluding hydrogens is 370 g/mol. The lowest BCUT2D eigenvalue weighted by Crippen LogP contribution is -2.22. The van der Waals surface area contributed by atoms with Gasteiger partial charge in [0.25, 0.3) is 5.91 Å². The van der Waals surface area contributed by atoms with Gasteiger partial charge in [0.05, 0.1) is 22.6 Å². The minimum absolute atomic E-state index is 0.197. The molecule has 0 fully saturated rings. The first-order chi connectivity index (χ1) is 14.0. The molecule has 1 aromatic carbocycles. The molecule has 0 saturated carbocycles. The SMILES string of the molecule is Cc1cc(C(=O)NCc2ccc(-c3nc(C)ncc3-c3cc(C)no3)cc2)on1. The first kappa shape index (κ1) is 18.5. The highest BCUT2D eigenvalue weighted by molar-refractivity contribution is 5.91. The van der Waals surface area contributed by atoms with Crippen molar-refractivity contribution in [3.05, 3.63) is 71.1 Å². The molecule has 0 aliphatic heterocycles. The highest BCUT2D eigenvalue weighted by atomic mass is 16.5. The summed E-state index contributed by atoms with van der Waals surface area (Å²) >= 11 is 0. The molecule has 3 heterocycles. The summed E-state index contributed by atoms with van der Waals surface area (Å²) in [6, 6.07) is 11.2. The Morgan fingerprint density at radius 3 is 2.38 bits per heavy atom. The highest BCUT2D eigenvalue weighted by Crippen LogP contribution is 2.30. The molecule has 0 unspecified atom stereocenters. The number of benzene rings is 1. The van der Waals surface area contributed by atoms with Gasteiger partial charge in [0.1, 0.15) is 5.82 Å². The van der Waals surface area contributed by atoms with E-state index in [9.17, 15) is 4.79 Å². The van der Waals surface area contributed by atoms with E-state index >= 15 is 0 Å². The summed E-state index contributed by atoms with van der Waals surface area (Å²) in [5.41, 5.74) is 4.86. The Hall–Kier alpha value is -3.81. The van der Waals surface area contributed by atoms with Crippen LogP contribution in [0.5, 0.6) is 0 Å². The average Bonchev–Trinajstić information content (AvgIpc) is 3.35. The molecule has 1 amide bonds. The summed E-state index contributed by atoms with van der Waals surface area (Å²) in [4.78, 5) is 21.0. The molecule has 0 aliphatic rings. The van der Waals surface area contributed by atoms with Gasteiger partial charge in [-0.1, -0.05) is 34.6 Å². The van der Waals surface area contributed by atoms with Crippen LogP contribution >= 0.6 is 0 Å². The van der Waals surface area contributed by atoms with Crippen LogP contribution in [0.25, 0.3) is 22.6 Å². The smallest absolute Gasteiger partial charge is 0.290 e. The Morgan fingerprint density at radius 2 is 1.72 bits per heavy atom. The monoisotopic (exact) mass is 389 g/mol. The van der Waals surface area contributed by atoms with E-state index in [0.29, 0.717) is 23.8 Å². The number of carbonyl (C=O) groups is 1. The van der Waals surface area contributed by atoms with E-state index < -0.39 is 0 Å². The molecule has 0 aliphatic carbocycles. The van der Waals surface area contributed by atoms with E-state index in [-0.39, 0.29) is 11.7 Å². The number of hydrogen-bond donors (Lipinski definition) is 1. The average molecular weight is 389 g/mol. The summed E-state index contributed by atoms with van der Waals surface area (Å²) in [5, 5.41) is 10.5. The lowest BCUT2D eigenvalue weighted by molar-refractivity contribution is 0.0914. The maximum Gasteiger partial charge on any atom is 0.290 e. The zero-order valence-electron chi connectivity index (χ0n) is 16.3. The number of amides is 1.